The molecule has 1 atom stereocenters. The zero-order valence-corrected chi connectivity index (χ0v) is 15.3. The van der Waals surface area contributed by atoms with Crippen molar-refractivity contribution in [3.05, 3.63) is 53.3 Å². The van der Waals surface area contributed by atoms with E-state index in [1.54, 1.807) is 16.0 Å². The molecule has 2 rings (SSSR count). The molecule has 1 nitrogen and oxygen atoms in total. The lowest BCUT2D eigenvalue weighted by atomic mass is 10.1. The number of hydrogen-bond acceptors (Lipinski definition) is 1. The van der Waals surface area contributed by atoms with Crippen molar-refractivity contribution in [2.45, 2.75) is 46.6 Å². The van der Waals surface area contributed by atoms with E-state index < -0.39 is 8.80 Å². The standard InChI is InChI=1S/C19H29NSi/c1-15(2)17-12-9-13-18(17)21(14-20-19(3,4)5)16-10-7-6-8-11-16/h6-12,15,20-21H,13-14H2,1-5H3. The third-order valence-corrected chi connectivity index (χ3v) is 7.30. The van der Waals surface area contributed by atoms with E-state index in [0.29, 0.717) is 5.92 Å². The molecule has 0 radical (unpaired) electrons. The van der Waals surface area contributed by atoms with Crippen molar-refractivity contribution in [3.8, 4) is 0 Å². The largest absolute Gasteiger partial charge is 0.314 e. The first-order valence-electron chi connectivity index (χ1n) is 8.08. The Balaban J connectivity index is 2.31. The molecule has 1 aliphatic rings. The van der Waals surface area contributed by atoms with Crippen molar-refractivity contribution < 1.29 is 0 Å². The molecule has 0 saturated carbocycles. The van der Waals surface area contributed by atoms with Crippen LogP contribution in [-0.2, 0) is 0 Å². The molecule has 0 aromatic heterocycles. The molecule has 114 valence electrons. The molecule has 0 aliphatic heterocycles. The summed E-state index contributed by atoms with van der Waals surface area (Å²) in [5.74, 6) is 0.632. The van der Waals surface area contributed by atoms with E-state index in [-0.39, 0.29) is 5.54 Å². The first-order valence-corrected chi connectivity index (χ1v) is 10.0. The zero-order chi connectivity index (χ0) is 15.5. The molecule has 1 aromatic carbocycles. The van der Waals surface area contributed by atoms with Crippen LogP contribution >= 0.6 is 0 Å². The first kappa shape index (κ1) is 16.3. The number of nitrogens with one attached hydrogen (secondary N) is 1. The fourth-order valence-electron chi connectivity index (χ4n) is 2.98. The predicted molar refractivity (Wildman–Crippen MR) is 96.6 cm³/mol. The lowest BCUT2D eigenvalue weighted by Gasteiger charge is -2.27. The van der Waals surface area contributed by atoms with Crippen LogP contribution in [0, 0.1) is 5.92 Å². The monoisotopic (exact) mass is 299 g/mol. The Labute approximate surface area is 131 Å². The van der Waals surface area contributed by atoms with Gasteiger partial charge in [-0.15, -0.1) is 0 Å². The van der Waals surface area contributed by atoms with Crippen LogP contribution in [0.5, 0.6) is 0 Å². The van der Waals surface area contributed by atoms with Crippen molar-refractivity contribution in [2.24, 2.45) is 5.92 Å². The SMILES string of the molecule is CC(C)C1=C([SiH](CNC(C)(C)C)c2ccccc2)CC=C1. The summed E-state index contributed by atoms with van der Waals surface area (Å²) in [4.78, 5) is 0. The molecule has 1 N–H and O–H groups in total. The molecule has 0 amide bonds. The molecular formula is C19H29NSi. The van der Waals surface area contributed by atoms with Gasteiger partial charge in [-0.2, -0.15) is 0 Å². The van der Waals surface area contributed by atoms with E-state index in [9.17, 15) is 0 Å². The molecule has 1 aliphatic carbocycles. The normalized spacial score (nSPS) is 16.9. The van der Waals surface area contributed by atoms with Gasteiger partial charge in [-0.3, -0.25) is 0 Å². The van der Waals surface area contributed by atoms with E-state index >= 15 is 0 Å². The molecular weight excluding hydrogens is 270 g/mol. The number of allylic oxidation sites excluding steroid dienone is 4. The Bertz CT molecular complexity index is 520. The lowest BCUT2D eigenvalue weighted by Crippen LogP contribution is -2.48. The van der Waals surface area contributed by atoms with Gasteiger partial charge in [0.25, 0.3) is 0 Å². The average molecular weight is 300 g/mol. The van der Waals surface area contributed by atoms with Crippen LogP contribution in [0.25, 0.3) is 0 Å². The van der Waals surface area contributed by atoms with Crippen LogP contribution in [0.4, 0.5) is 0 Å². The van der Waals surface area contributed by atoms with Gasteiger partial charge in [0.15, 0.2) is 0 Å². The summed E-state index contributed by atoms with van der Waals surface area (Å²) >= 11 is 0. The Morgan fingerprint density at radius 1 is 1.14 bits per heavy atom. The minimum Gasteiger partial charge on any atom is -0.314 e. The Morgan fingerprint density at radius 3 is 2.38 bits per heavy atom. The highest BCUT2D eigenvalue weighted by Gasteiger charge is 2.25. The summed E-state index contributed by atoms with van der Waals surface area (Å²) in [6.07, 6.45) is 7.01. The van der Waals surface area contributed by atoms with E-state index in [4.69, 9.17) is 0 Å². The number of rotatable bonds is 5. The van der Waals surface area contributed by atoms with Crippen molar-refractivity contribution in [1.82, 2.24) is 5.32 Å². The van der Waals surface area contributed by atoms with Gasteiger partial charge in [-0.05, 0) is 44.9 Å². The van der Waals surface area contributed by atoms with Crippen molar-refractivity contribution >= 4 is 14.0 Å². The molecule has 0 spiro atoms. The minimum atomic E-state index is -1.15. The van der Waals surface area contributed by atoms with Crippen LogP contribution in [-0.4, -0.2) is 20.5 Å². The van der Waals surface area contributed by atoms with Crippen LogP contribution < -0.4 is 10.5 Å². The third-order valence-electron chi connectivity index (χ3n) is 4.09. The van der Waals surface area contributed by atoms with Crippen LogP contribution in [0.1, 0.15) is 41.0 Å². The van der Waals surface area contributed by atoms with Gasteiger partial charge in [-0.25, -0.2) is 0 Å². The first-order chi connectivity index (χ1) is 9.88. The number of benzene rings is 1. The van der Waals surface area contributed by atoms with Gasteiger partial charge in [0.05, 0.1) is 0 Å². The summed E-state index contributed by atoms with van der Waals surface area (Å²) in [6.45, 7) is 11.4. The second-order valence-corrected chi connectivity index (χ2v) is 10.2. The van der Waals surface area contributed by atoms with E-state index in [2.05, 4.69) is 82.4 Å². The molecule has 0 bridgehead atoms. The van der Waals surface area contributed by atoms with E-state index in [1.165, 1.54) is 0 Å². The van der Waals surface area contributed by atoms with Crippen molar-refractivity contribution in [3.63, 3.8) is 0 Å². The van der Waals surface area contributed by atoms with Crippen molar-refractivity contribution in [1.29, 1.82) is 0 Å². The molecule has 1 aromatic rings. The maximum atomic E-state index is 3.76. The van der Waals surface area contributed by atoms with Gasteiger partial charge >= 0.3 is 0 Å². The highest BCUT2D eigenvalue weighted by atomic mass is 28.3. The third kappa shape index (κ3) is 4.42. The summed E-state index contributed by atoms with van der Waals surface area (Å²) in [6, 6.07) is 11.1. The molecule has 21 heavy (non-hydrogen) atoms. The average Bonchev–Trinajstić information content (AvgIpc) is 2.88. The van der Waals surface area contributed by atoms with Crippen LogP contribution in [0.2, 0.25) is 0 Å². The maximum Gasteiger partial charge on any atom is 0.112 e. The predicted octanol–water partition coefficient (Wildman–Crippen LogP) is 3.50. The fraction of sp³-hybridized carbons (Fsp3) is 0.474. The van der Waals surface area contributed by atoms with Crippen molar-refractivity contribution in [2.75, 3.05) is 6.17 Å². The van der Waals surface area contributed by atoms with E-state index in [0.717, 1.165) is 12.6 Å². The van der Waals surface area contributed by atoms with Crippen LogP contribution in [0.3, 0.4) is 0 Å². The van der Waals surface area contributed by atoms with Gasteiger partial charge in [-0.1, -0.05) is 66.7 Å². The molecule has 0 saturated heterocycles. The molecule has 0 heterocycles. The summed E-state index contributed by atoms with van der Waals surface area (Å²) < 4.78 is 0. The molecule has 1 unspecified atom stereocenters. The quantitative estimate of drug-likeness (QED) is 0.821. The highest BCUT2D eigenvalue weighted by Crippen LogP contribution is 2.27. The number of hydrogen-bond donors (Lipinski definition) is 1. The summed E-state index contributed by atoms with van der Waals surface area (Å²) in [7, 11) is -1.15. The topological polar surface area (TPSA) is 12.0 Å². The Kier molecular flexibility index (Phi) is 5.23. The highest BCUT2D eigenvalue weighted by molar-refractivity contribution is 6.80. The summed E-state index contributed by atoms with van der Waals surface area (Å²) in [5.41, 5.74) is 1.77. The van der Waals surface area contributed by atoms with Gasteiger partial charge in [0.1, 0.15) is 8.80 Å². The lowest BCUT2D eigenvalue weighted by molar-refractivity contribution is 0.457. The second-order valence-electron chi connectivity index (χ2n) is 7.34. The van der Waals surface area contributed by atoms with Gasteiger partial charge < -0.3 is 5.32 Å². The molecule has 0 fully saturated rings. The minimum absolute atomic E-state index is 0.185. The Hall–Kier alpha value is -1.12. The maximum absolute atomic E-state index is 3.76. The van der Waals surface area contributed by atoms with Gasteiger partial charge in [0, 0.05) is 5.54 Å². The fourth-order valence-corrected chi connectivity index (χ4v) is 6.62. The van der Waals surface area contributed by atoms with Gasteiger partial charge in [0.2, 0.25) is 0 Å². The molecule has 2 heteroatoms. The second kappa shape index (κ2) is 6.76. The van der Waals surface area contributed by atoms with E-state index in [1.807, 2.05) is 0 Å². The smallest absolute Gasteiger partial charge is 0.112 e. The Morgan fingerprint density at radius 2 is 1.81 bits per heavy atom. The zero-order valence-electron chi connectivity index (χ0n) is 14.1. The van der Waals surface area contributed by atoms with Crippen LogP contribution in [0.15, 0.2) is 53.3 Å². The summed E-state index contributed by atoms with van der Waals surface area (Å²) in [5, 5.41) is 7.05.